The molecule has 1 aliphatic heterocycles. The van der Waals surface area contributed by atoms with Crippen molar-refractivity contribution in [1.82, 2.24) is 10.2 Å². The Morgan fingerprint density at radius 2 is 1.79 bits per heavy atom. The van der Waals surface area contributed by atoms with E-state index in [9.17, 15) is 4.79 Å². The van der Waals surface area contributed by atoms with Gasteiger partial charge in [-0.25, -0.2) is 0 Å². The van der Waals surface area contributed by atoms with Gasteiger partial charge in [0.05, 0.1) is 6.61 Å². The summed E-state index contributed by atoms with van der Waals surface area (Å²) in [6.45, 7) is 4.60. The highest BCUT2D eigenvalue weighted by molar-refractivity contribution is 5.94. The summed E-state index contributed by atoms with van der Waals surface area (Å²) < 4.78 is 11.3. The van der Waals surface area contributed by atoms with Crippen molar-refractivity contribution in [2.24, 2.45) is 11.8 Å². The first kappa shape index (κ1) is 23.4. The molecule has 2 aromatic carbocycles. The topological polar surface area (TPSA) is 50.8 Å². The second-order valence-corrected chi connectivity index (χ2v) is 10.4. The van der Waals surface area contributed by atoms with Gasteiger partial charge >= 0.3 is 0 Å². The van der Waals surface area contributed by atoms with Crippen LogP contribution in [0.5, 0.6) is 5.75 Å². The van der Waals surface area contributed by atoms with E-state index < -0.39 is 0 Å². The zero-order chi connectivity index (χ0) is 23.3. The Labute approximate surface area is 203 Å². The van der Waals surface area contributed by atoms with Crippen molar-refractivity contribution in [1.29, 1.82) is 0 Å². The molecule has 1 saturated heterocycles. The third-order valence-electron chi connectivity index (χ3n) is 7.73. The van der Waals surface area contributed by atoms with Crippen molar-refractivity contribution in [3.05, 3.63) is 64.7 Å². The van der Waals surface area contributed by atoms with Gasteiger partial charge in [-0.3, -0.25) is 4.79 Å². The summed E-state index contributed by atoms with van der Waals surface area (Å²) in [5.41, 5.74) is 4.92. The van der Waals surface area contributed by atoms with Crippen molar-refractivity contribution in [2.75, 3.05) is 33.4 Å². The van der Waals surface area contributed by atoms with E-state index in [0.717, 1.165) is 75.3 Å². The number of benzene rings is 2. The molecule has 1 heterocycles. The van der Waals surface area contributed by atoms with E-state index in [1.165, 1.54) is 42.4 Å². The Bertz CT molecular complexity index is 964. The molecule has 0 spiro atoms. The fourth-order valence-corrected chi connectivity index (χ4v) is 5.16. The smallest absolute Gasteiger partial charge is 0.253 e. The molecule has 1 amide bonds. The molecule has 0 radical (unpaired) electrons. The maximum Gasteiger partial charge on any atom is 0.253 e. The summed E-state index contributed by atoms with van der Waals surface area (Å²) in [4.78, 5) is 15.1. The van der Waals surface area contributed by atoms with E-state index >= 15 is 0 Å². The summed E-state index contributed by atoms with van der Waals surface area (Å²) >= 11 is 0. The van der Waals surface area contributed by atoms with Gasteiger partial charge in [-0.05, 0) is 104 Å². The van der Waals surface area contributed by atoms with Crippen LogP contribution in [0, 0.1) is 11.8 Å². The molecular weight excluding hydrogens is 424 g/mol. The predicted octanol–water partition coefficient (Wildman–Crippen LogP) is 4.62. The number of carbonyl (C=O) groups is 1. The lowest BCUT2D eigenvalue weighted by Crippen LogP contribution is -2.40. The molecule has 5 rings (SSSR count). The number of fused-ring (bicyclic) bond motifs is 1. The normalized spacial score (nSPS) is 20.6. The summed E-state index contributed by atoms with van der Waals surface area (Å²) in [5.74, 6) is 2.42. The first-order valence-electron chi connectivity index (χ1n) is 13.0. The molecule has 1 atom stereocenters. The van der Waals surface area contributed by atoms with E-state index in [2.05, 4.69) is 23.5 Å². The van der Waals surface area contributed by atoms with Crippen molar-refractivity contribution < 1.29 is 14.3 Å². The number of rotatable bonds is 9. The van der Waals surface area contributed by atoms with Crippen LogP contribution in [0.25, 0.3) is 0 Å². The van der Waals surface area contributed by atoms with Gasteiger partial charge in [0.1, 0.15) is 5.75 Å². The molecule has 0 bridgehead atoms. The van der Waals surface area contributed by atoms with Gasteiger partial charge in [0.15, 0.2) is 0 Å². The summed E-state index contributed by atoms with van der Waals surface area (Å²) in [7, 11) is 1.95. The number of hydrogen-bond donors (Lipinski definition) is 1. The van der Waals surface area contributed by atoms with Gasteiger partial charge in [0.25, 0.3) is 5.91 Å². The van der Waals surface area contributed by atoms with Crippen molar-refractivity contribution in [3.8, 4) is 5.75 Å². The molecule has 2 aromatic rings. The van der Waals surface area contributed by atoms with E-state index in [0.29, 0.717) is 0 Å². The minimum Gasteiger partial charge on any atom is -0.493 e. The number of hydrogen-bond acceptors (Lipinski definition) is 4. The quantitative estimate of drug-likeness (QED) is 0.591. The van der Waals surface area contributed by atoms with Crippen LogP contribution in [0.15, 0.2) is 42.5 Å². The van der Waals surface area contributed by atoms with Gasteiger partial charge in [-0.2, -0.15) is 0 Å². The van der Waals surface area contributed by atoms with E-state index in [-0.39, 0.29) is 11.9 Å². The summed E-state index contributed by atoms with van der Waals surface area (Å²) in [6, 6.07) is 14.8. The maximum absolute atomic E-state index is 13.1. The van der Waals surface area contributed by atoms with Crippen LogP contribution in [-0.4, -0.2) is 50.3 Å². The Morgan fingerprint density at radius 3 is 2.56 bits per heavy atom. The van der Waals surface area contributed by atoms with Crippen molar-refractivity contribution in [3.63, 3.8) is 0 Å². The Hall–Kier alpha value is -2.37. The van der Waals surface area contributed by atoms with Crippen molar-refractivity contribution >= 4 is 5.91 Å². The lowest BCUT2D eigenvalue weighted by atomic mass is 9.86. The van der Waals surface area contributed by atoms with Crippen LogP contribution in [0.3, 0.4) is 0 Å². The van der Waals surface area contributed by atoms with Crippen LogP contribution in [0.4, 0.5) is 0 Å². The number of likely N-dealkylation sites (N-methyl/N-ethyl adjacent to an activating group) is 1. The number of ether oxygens (including phenoxy) is 2. The average Bonchev–Trinajstić information content (AvgIpc) is 3.72. The van der Waals surface area contributed by atoms with Gasteiger partial charge in [-0.1, -0.05) is 18.2 Å². The molecule has 3 aliphatic rings. The molecule has 182 valence electrons. The number of nitrogens with zero attached hydrogens (tertiary/aromatic N) is 1. The number of carbonyl (C=O) groups excluding carboxylic acids is 1. The molecule has 2 aliphatic carbocycles. The van der Waals surface area contributed by atoms with Crippen LogP contribution >= 0.6 is 0 Å². The molecule has 1 unspecified atom stereocenters. The van der Waals surface area contributed by atoms with Gasteiger partial charge < -0.3 is 19.7 Å². The predicted molar refractivity (Wildman–Crippen MR) is 134 cm³/mol. The average molecular weight is 463 g/mol. The fraction of sp³-hybridized carbons (Fsp3) is 0.552. The van der Waals surface area contributed by atoms with Crippen LogP contribution < -0.4 is 10.1 Å². The monoisotopic (exact) mass is 462 g/mol. The standard InChI is InChI=1S/C29H38N2O3/c1-31(29(32)24-7-10-28(11-8-24)34-20-22-2-3-22)27-9-6-25-16-23(4-5-26(25)17-27)19-30-18-21-12-14-33-15-13-21/h4-5,7-8,10-11,16,21-22,27,30H,2-3,6,9,12-15,17-20H2,1H3. The van der Waals surface area contributed by atoms with Gasteiger partial charge in [0, 0.05) is 38.4 Å². The highest BCUT2D eigenvalue weighted by Crippen LogP contribution is 2.30. The Balaban J connectivity index is 1.12. The van der Waals surface area contributed by atoms with Gasteiger partial charge in [-0.15, -0.1) is 0 Å². The molecule has 1 saturated carbocycles. The highest BCUT2D eigenvalue weighted by atomic mass is 16.5. The van der Waals surface area contributed by atoms with E-state index in [1.807, 2.05) is 36.2 Å². The fourth-order valence-electron chi connectivity index (χ4n) is 5.16. The molecule has 1 N–H and O–H groups in total. The SMILES string of the molecule is CN(C(=O)c1ccc(OCC2CC2)cc1)C1CCc2cc(CNCC3CCOCC3)ccc2C1. The highest BCUT2D eigenvalue weighted by Gasteiger charge is 2.26. The molecule has 5 heteroatoms. The van der Waals surface area contributed by atoms with Crippen LogP contribution in [0.1, 0.15) is 59.2 Å². The number of amides is 1. The zero-order valence-corrected chi connectivity index (χ0v) is 20.4. The second-order valence-electron chi connectivity index (χ2n) is 10.4. The molecule has 34 heavy (non-hydrogen) atoms. The van der Waals surface area contributed by atoms with Crippen LogP contribution in [-0.2, 0) is 24.1 Å². The Kier molecular flexibility index (Phi) is 7.51. The third-order valence-corrected chi connectivity index (χ3v) is 7.73. The number of nitrogens with one attached hydrogen (secondary N) is 1. The maximum atomic E-state index is 13.1. The lowest BCUT2D eigenvalue weighted by Gasteiger charge is -2.33. The first-order valence-corrected chi connectivity index (χ1v) is 13.0. The third kappa shape index (κ3) is 6.00. The summed E-state index contributed by atoms with van der Waals surface area (Å²) in [6.07, 6.45) is 7.86. The van der Waals surface area contributed by atoms with Crippen LogP contribution in [0.2, 0.25) is 0 Å². The minimum absolute atomic E-state index is 0.0936. The molecule has 5 nitrogen and oxygen atoms in total. The number of aryl methyl sites for hydroxylation is 1. The van der Waals surface area contributed by atoms with Gasteiger partial charge in [0.2, 0.25) is 0 Å². The Morgan fingerprint density at radius 1 is 1.00 bits per heavy atom. The van der Waals surface area contributed by atoms with E-state index in [1.54, 1.807) is 0 Å². The largest absolute Gasteiger partial charge is 0.493 e. The molecule has 0 aromatic heterocycles. The summed E-state index contributed by atoms with van der Waals surface area (Å²) in [5, 5.41) is 3.64. The molecule has 2 fully saturated rings. The second kappa shape index (κ2) is 10.9. The van der Waals surface area contributed by atoms with Crippen molar-refractivity contribution in [2.45, 2.75) is 57.5 Å². The zero-order valence-electron chi connectivity index (χ0n) is 20.4. The lowest BCUT2D eigenvalue weighted by molar-refractivity contribution is 0.0662. The first-order chi connectivity index (χ1) is 16.7. The minimum atomic E-state index is 0.0936. The van der Waals surface area contributed by atoms with E-state index in [4.69, 9.17) is 9.47 Å². The molecular formula is C29H38N2O3.